The summed E-state index contributed by atoms with van der Waals surface area (Å²) in [6.07, 6.45) is 1.16. The molecule has 0 unspecified atom stereocenters. The van der Waals surface area contributed by atoms with Gasteiger partial charge in [-0.05, 0) is 12.1 Å². The van der Waals surface area contributed by atoms with Crippen molar-refractivity contribution >= 4 is 39.8 Å². The summed E-state index contributed by atoms with van der Waals surface area (Å²) < 4.78 is 0. The zero-order chi connectivity index (χ0) is 11.0. The van der Waals surface area contributed by atoms with Crippen molar-refractivity contribution in [3.05, 3.63) is 38.8 Å². The lowest BCUT2D eigenvalue weighted by Crippen LogP contribution is -1.94. The number of hydrogen-bond acceptors (Lipinski definition) is 4. The minimum Gasteiger partial charge on any atom is -0.258 e. The fraction of sp³-hybridized carbons (Fsp3) is 0. The molecule has 1 aromatic carbocycles. The van der Waals surface area contributed by atoms with E-state index in [1.54, 1.807) is 6.07 Å². The molecule has 15 heavy (non-hydrogen) atoms. The van der Waals surface area contributed by atoms with Crippen LogP contribution in [0.25, 0.3) is 10.9 Å². The van der Waals surface area contributed by atoms with Gasteiger partial charge in [-0.15, -0.1) is 0 Å². The van der Waals surface area contributed by atoms with E-state index in [1.807, 2.05) is 0 Å². The van der Waals surface area contributed by atoms with E-state index in [0.717, 1.165) is 6.33 Å². The lowest BCUT2D eigenvalue weighted by atomic mass is 10.2. The molecule has 1 aromatic heterocycles. The molecule has 7 heteroatoms. The number of halogens is 2. The van der Waals surface area contributed by atoms with Gasteiger partial charge in [-0.3, -0.25) is 10.1 Å². The van der Waals surface area contributed by atoms with Gasteiger partial charge in [0.1, 0.15) is 16.5 Å². The second-order valence-electron chi connectivity index (χ2n) is 2.71. The Morgan fingerprint density at radius 3 is 2.67 bits per heavy atom. The molecule has 0 N–H and O–H groups in total. The summed E-state index contributed by atoms with van der Waals surface area (Å²) in [7, 11) is 0. The quantitative estimate of drug-likeness (QED) is 0.439. The first-order chi connectivity index (χ1) is 7.11. The second kappa shape index (κ2) is 3.60. The highest BCUT2D eigenvalue weighted by molar-refractivity contribution is 6.36. The first-order valence-corrected chi connectivity index (χ1v) is 4.60. The maximum Gasteiger partial charge on any atom is 0.314 e. The van der Waals surface area contributed by atoms with Gasteiger partial charge in [-0.1, -0.05) is 23.2 Å². The van der Waals surface area contributed by atoms with Crippen molar-refractivity contribution in [1.29, 1.82) is 0 Å². The average Bonchev–Trinajstić information content (AvgIpc) is 2.17. The van der Waals surface area contributed by atoms with Crippen LogP contribution in [0, 0.1) is 10.1 Å². The van der Waals surface area contributed by atoms with Crippen molar-refractivity contribution in [2.45, 2.75) is 0 Å². The molecule has 0 fully saturated rings. The molecule has 0 amide bonds. The number of hydrogen-bond donors (Lipinski definition) is 0. The summed E-state index contributed by atoms with van der Waals surface area (Å²) in [5, 5.41) is 11.4. The summed E-state index contributed by atoms with van der Waals surface area (Å²) in [5.41, 5.74) is -0.106. The minimum atomic E-state index is -0.589. The molecule has 1 heterocycles. The third kappa shape index (κ3) is 1.60. The molecule has 2 aromatic rings. The molecule has 0 aliphatic heterocycles. The maximum atomic E-state index is 10.8. The second-order valence-corrected chi connectivity index (χ2v) is 3.48. The van der Waals surface area contributed by atoms with E-state index < -0.39 is 4.92 Å². The van der Waals surface area contributed by atoms with Crippen molar-refractivity contribution in [2.75, 3.05) is 0 Å². The molecule has 2 rings (SSSR count). The molecular formula is C8H3Cl2N3O2. The molecule has 0 aliphatic carbocycles. The third-order valence-electron chi connectivity index (χ3n) is 1.86. The van der Waals surface area contributed by atoms with E-state index in [4.69, 9.17) is 23.2 Å². The van der Waals surface area contributed by atoms with Crippen LogP contribution in [0.4, 0.5) is 5.69 Å². The number of benzene rings is 1. The summed E-state index contributed by atoms with van der Waals surface area (Å²) >= 11 is 11.5. The topological polar surface area (TPSA) is 68.9 Å². The predicted molar refractivity (Wildman–Crippen MR) is 56.2 cm³/mol. The zero-order valence-electron chi connectivity index (χ0n) is 7.15. The van der Waals surface area contributed by atoms with Gasteiger partial charge in [0.05, 0.1) is 4.92 Å². The molecule has 0 saturated heterocycles. The van der Waals surface area contributed by atoms with Gasteiger partial charge in [0.25, 0.3) is 0 Å². The Morgan fingerprint density at radius 2 is 2.00 bits per heavy atom. The van der Waals surface area contributed by atoms with E-state index >= 15 is 0 Å². The fourth-order valence-corrected chi connectivity index (χ4v) is 1.65. The van der Waals surface area contributed by atoms with Crippen LogP contribution in [0.1, 0.15) is 0 Å². The van der Waals surface area contributed by atoms with Crippen LogP contribution in [0.3, 0.4) is 0 Å². The molecule has 76 valence electrons. The third-order valence-corrected chi connectivity index (χ3v) is 2.47. The normalized spacial score (nSPS) is 10.5. The van der Waals surface area contributed by atoms with Crippen LogP contribution in [0.15, 0.2) is 18.5 Å². The molecule has 0 atom stereocenters. The van der Waals surface area contributed by atoms with E-state index in [0.29, 0.717) is 5.39 Å². The van der Waals surface area contributed by atoms with Crippen molar-refractivity contribution in [1.82, 2.24) is 9.97 Å². The zero-order valence-corrected chi connectivity index (χ0v) is 8.66. The largest absolute Gasteiger partial charge is 0.314 e. The van der Waals surface area contributed by atoms with Crippen molar-refractivity contribution in [2.24, 2.45) is 0 Å². The van der Waals surface area contributed by atoms with E-state index in [1.165, 1.54) is 6.07 Å². The Hall–Kier alpha value is -1.46. The highest BCUT2D eigenvalue weighted by Crippen LogP contribution is 2.33. The first kappa shape index (κ1) is 10.1. The number of aromatic nitrogens is 2. The molecule has 0 bridgehead atoms. The molecule has 0 aliphatic rings. The SMILES string of the molecule is O=[N+]([O-])c1c(Cl)ccc2c(Cl)ncnc12. The molecule has 0 spiro atoms. The fourth-order valence-electron chi connectivity index (χ4n) is 1.23. The summed E-state index contributed by atoms with van der Waals surface area (Å²) in [5.74, 6) is 0. The Bertz CT molecular complexity index is 559. The molecule has 5 nitrogen and oxygen atoms in total. The Morgan fingerprint density at radius 1 is 1.27 bits per heavy atom. The van der Waals surface area contributed by atoms with Gasteiger partial charge in [0.15, 0.2) is 5.52 Å². The van der Waals surface area contributed by atoms with Crippen molar-refractivity contribution in [3.63, 3.8) is 0 Å². The Balaban J connectivity index is 2.94. The lowest BCUT2D eigenvalue weighted by molar-refractivity contribution is -0.383. The Kier molecular flexibility index (Phi) is 2.42. The highest BCUT2D eigenvalue weighted by Gasteiger charge is 2.19. The van der Waals surface area contributed by atoms with E-state index in [9.17, 15) is 10.1 Å². The van der Waals surface area contributed by atoms with Crippen molar-refractivity contribution < 1.29 is 4.92 Å². The number of fused-ring (bicyclic) bond motifs is 1. The van der Waals surface area contributed by atoms with Crippen LogP contribution >= 0.6 is 23.2 Å². The lowest BCUT2D eigenvalue weighted by Gasteiger charge is -2.00. The van der Waals surface area contributed by atoms with E-state index in [2.05, 4.69) is 9.97 Å². The first-order valence-electron chi connectivity index (χ1n) is 3.84. The number of nitro benzene ring substituents is 1. The highest BCUT2D eigenvalue weighted by atomic mass is 35.5. The number of nitro groups is 1. The van der Waals surface area contributed by atoms with E-state index in [-0.39, 0.29) is 21.4 Å². The molecule has 0 radical (unpaired) electrons. The summed E-state index contributed by atoms with van der Waals surface area (Å²) in [4.78, 5) is 17.7. The summed E-state index contributed by atoms with van der Waals surface area (Å²) in [6.45, 7) is 0. The number of rotatable bonds is 1. The maximum absolute atomic E-state index is 10.8. The van der Waals surface area contributed by atoms with Gasteiger partial charge >= 0.3 is 5.69 Å². The van der Waals surface area contributed by atoms with Crippen molar-refractivity contribution in [3.8, 4) is 0 Å². The predicted octanol–water partition coefficient (Wildman–Crippen LogP) is 2.84. The molecule has 0 saturated carbocycles. The van der Waals surface area contributed by atoms with Gasteiger partial charge in [-0.2, -0.15) is 0 Å². The van der Waals surface area contributed by atoms with Crippen LogP contribution < -0.4 is 0 Å². The van der Waals surface area contributed by atoms with Crippen LogP contribution in [-0.4, -0.2) is 14.9 Å². The van der Waals surface area contributed by atoms with Gasteiger partial charge in [0, 0.05) is 5.39 Å². The smallest absolute Gasteiger partial charge is 0.258 e. The average molecular weight is 244 g/mol. The number of nitrogens with zero attached hydrogens (tertiary/aromatic N) is 3. The summed E-state index contributed by atoms with van der Waals surface area (Å²) in [6, 6.07) is 2.95. The minimum absolute atomic E-state index is 0.0299. The standard InChI is InChI=1S/C8H3Cl2N3O2/c9-5-2-1-4-6(7(5)13(14)15)11-3-12-8(4)10/h1-3H. The van der Waals surface area contributed by atoms with Gasteiger partial charge in [0.2, 0.25) is 0 Å². The van der Waals surface area contributed by atoms with Crippen LogP contribution in [-0.2, 0) is 0 Å². The van der Waals surface area contributed by atoms with Gasteiger partial charge in [-0.25, -0.2) is 9.97 Å². The molecular weight excluding hydrogens is 241 g/mol. The monoisotopic (exact) mass is 243 g/mol. The van der Waals surface area contributed by atoms with Crippen LogP contribution in [0.5, 0.6) is 0 Å². The van der Waals surface area contributed by atoms with Crippen LogP contribution in [0.2, 0.25) is 10.2 Å². The van der Waals surface area contributed by atoms with Gasteiger partial charge < -0.3 is 0 Å². The Labute approximate surface area is 93.8 Å².